The van der Waals surface area contributed by atoms with Gasteiger partial charge in [0, 0.05) is 19.3 Å². The first kappa shape index (κ1) is 18.4. The molecule has 1 N–H and O–H groups in total. The second-order valence-electron chi connectivity index (χ2n) is 7.49. The molecule has 2 heterocycles. The van der Waals surface area contributed by atoms with E-state index >= 15 is 0 Å². The molecule has 1 aromatic carbocycles. The monoisotopic (exact) mass is 357 g/mol. The molecular weight excluding hydrogens is 330 g/mol. The van der Waals surface area contributed by atoms with Crippen molar-refractivity contribution in [2.24, 2.45) is 0 Å². The van der Waals surface area contributed by atoms with Gasteiger partial charge < -0.3 is 19.5 Å². The topological polar surface area (TPSA) is 72.3 Å². The van der Waals surface area contributed by atoms with Gasteiger partial charge in [0.05, 0.1) is 12.6 Å². The highest BCUT2D eigenvalue weighted by molar-refractivity contribution is 5.88. The highest BCUT2D eigenvalue weighted by atomic mass is 16.5. The van der Waals surface area contributed by atoms with Crippen molar-refractivity contribution in [1.29, 1.82) is 0 Å². The summed E-state index contributed by atoms with van der Waals surface area (Å²) in [4.78, 5) is 15.0. The highest BCUT2D eigenvalue weighted by Crippen LogP contribution is 2.25. The Morgan fingerprint density at radius 1 is 1.31 bits per heavy atom. The number of aromatic nitrogens is 3. The van der Waals surface area contributed by atoms with Crippen LogP contribution in [0.3, 0.4) is 0 Å². The molecule has 0 fully saturated rings. The van der Waals surface area contributed by atoms with Crippen molar-refractivity contribution < 1.29 is 9.53 Å². The van der Waals surface area contributed by atoms with E-state index in [0.29, 0.717) is 19.7 Å². The Morgan fingerprint density at radius 3 is 2.65 bits per heavy atom. The zero-order valence-corrected chi connectivity index (χ0v) is 16.1. The van der Waals surface area contributed by atoms with Gasteiger partial charge in [-0.2, -0.15) is 0 Å². The Bertz CT molecular complexity index is 782. The van der Waals surface area contributed by atoms with Gasteiger partial charge in [-0.25, -0.2) is 0 Å². The molecule has 1 amide bonds. The van der Waals surface area contributed by atoms with Crippen LogP contribution in [-0.2, 0) is 22.7 Å². The Labute approximate surface area is 154 Å². The summed E-state index contributed by atoms with van der Waals surface area (Å²) in [6.45, 7) is 9.45. The average Bonchev–Trinajstić information content (AvgIpc) is 3.00. The quantitative estimate of drug-likeness (QED) is 0.890. The number of carbonyl (C=O) groups is 1. The highest BCUT2D eigenvalue weighted by Gasteiger charge is 2.36. The minimum atomic E-state index is -0.716. The van der Waals surface area contributed by atoms with Crippen LogP contribution in [-0.4, -0.2) is 44.8 Å². The number of fused-ring (bicyclic) bond motifs is 1. The second kappa shape index (κ2) is 7.07. The molecule has 26 heavy (non-hydrogen) atoms. The Kier molecular flexibility index (Phi) is 5.00. The predicted octanol–water partition coefficient (Wildman–Crippen LogP) is 2.53. The smallest absolute Gasteiger partial charge is 0.248 e. The van der Waals surface area contributed by atoms with Gasteiger partial charge in [0.1, 0.15) is 12.1 Å². The minimum Gasteiger partial charge on any atom is -0.377 e. The van der Waals surface area contributed by atoms with Crippen molar-refractivity contribution >= 4 is 11.6 Å². The zero-order chi connectivity index (χ0) is 18.9. The molecule has 2 aromatic rings. The van der Waals surface area contributed by atoms with Gasteiger partial charge in [0.2, 0.25) is 5.91 Å². The van der Waals surface area contributed by atoms with Crippen molar-refractivity contribution in [1.82, 2.24) is 19.7 Å². The largest absolute Gasteiger partial charge is 0.377 e. The summed E-state index contributed by atoms with van der Waals surface area (Å²) < 4.78 is 7.27. The normalized spacial score (nSPS) is 17.1. The number of hydrogen-bond donors (Lipinski definition) is 1. The lowest BCUT2D eigenvalue weighted by Gasteiger charge is -2.38. The van der Waals surface area contributed by atoms with E-state index < -0.39 is 5.54 Å². The van der Waals surface area contributed by atoms with E-state index in [-0.39, 0.29) is 11.9 Å². The van der Waals surface area contributed by atoms with Gasteiger partial charge in [-0.05, 0) is 39.8 Å². The second-order valence-corrected chi connectivity index (χ2v) is 7.49. The Balaban J connectivity index is 1.75. The molecule has 1 atom stereocenters. The first-order valence-corrected chi connectivity index (χ1v) is 8.87. The zero-order valence-electron chi connectivity index (χ0n) is 16.1. The van der Waals surface area contributed by atoms with Crippen molar-refractivity contribution in [3.05, 3.63) is 41.5 Å². The SMILES string of the molecule is COCc1nnc2n1[C@@H](C)CN(C(=O)C(C)(C)Nc1ccc(C)cc1)C2. The summed E-state index contributed by atoms with van der Waals surface area (Å²) in [5, 5.41) is 11.8. The number of carbonyl (C=O) groups excluding carboxylic acids is 1. The van der Waals surface area contributed by atoms with E-state index in [1.807, 2.05) is 49.9 Å². The molecule has 1 aliphatic heterocycles. The molecule has 7 nitrogen and oxygen atoms in total. The summed E-state index contributed by atoms with van der Waals surface area (Å²) in [6, 6.07) is 8.17. The van der Waals surface area contributed by atoms with Crippen LogP contribution in [0.1, 0.15) is 44.0 Å². The number of nitrogens with zero attached hydrogens (tertiary/aromatic N) is 4. The van der Waals surface area contributed by atoms with Crippen molar-refractivity contribution in [2.75, 3.05) is 19.0 Å². The summed E-state index contributed by atoms with van der Waals surface area (Å²) in [5.74, 6) is 1.65. The molecule has 0 unspecified atom stereocenters. The standard InChI is InChI=1S/C19H27N5O2/c1-13-6-8-15(9-7-13)20-19(3,4)18(25)23-10-14(2)24-16(11-23)21-22-17(24)12-26-5/h6-9,14,20H,10-12H2,1-5H3/t14-/m0/s1. The summed E-state index contributed by atoms with van der Waals surface area (Å²) in [5.41, 5.74) is 1.41. The van der Waals surface area contributed by atoms with Crippen LogP contribution in [0.5, 0.6) is 0 Å². The third-order valence-electron chi connectivity index (χ3n) is 4.70. The Hall–Kier alpha value is -2.41. The van der Waals surface area contributed by atoms with Gasteiger partial charge in [-0.3, -0.25) is 4.79 Å². The van der Waals surface area contributed by atoms with Crippen LogP contribution in [0, 0.1) is 6.92 Å². The van der Waals surface area contributed by atoms with Crippen LogP contribution in [0.4, 0.5) is 5.69 Å². The lowest BCUT2D eigenvalue weighted by atomic mass is 10.0. The predicted molar refractivity (Wildman–Crippen MR) is 99.7 cm³/mol. The number of anilines is 1. The van der Waals surface area contributed by atoms with Crippen LogP contribution in [0.2, 0.25) is 0 Å². The number of rotatable bonds is 5. The van der Waals surface area contributed by atoms with Crippen LogP contribution in [0.25, 0.3) is 0 Å². The first-order valence-electron chi connectivity index (χ1n) is 8.87. The number of methoxy groups -OCH3 is 1. The first-order chi connectivity index (χ1) is 12.3. The number of hydrogen-bond acceptors (Lipinski definition) is 5. The fourth-order valence-corrected chi connectivity index (χ4v) is 3.44. The van der Waals surface area contributed by atoms with Gasteiger partial charge in [0.15, 0.2) is 11.6 Å². The molecular formula is C19H27N5O2. The van der Waals surface area contributed by atoms with Crippen molar-refractivity contribution in [3.63, 3.8) is 0 Å². The summed E-state index contributed by atoms with van der Waals surface area (Å²) in [7, 11) is 1.64. The molecule has 0 saturated carbocycles. The van der Waals surface area contributed by atoms with Gasteiger partial charge >= 0.3 is 0 Å². The number of aryl methyl sites for hydroxylation is 1. The number of nitrogens with one attached hydrogen (secondary N) is 1. The van der Waals surface area contributed by atoms with E-state index in [9.17, 15) is 4.79 Å². The molecule has 0 bridgehead atoms. The van der Waals surface area contributed by atoms with Crippen LogP contribution >= 0.6 is 0 Å². The lowest BCUT2D eigenvalue weighted by Crippen LogP contribution is -2.52. The fraction of sp³-hybridized carbons (Fsp3) is 0.526. The van der Waals surface area contributed by atoms with E-state index in [1.54, 1.807) is 7.11 Å². The molecule has 0 aliphatic carbocycles. The maximum atomic E-state index is 13.2. The average molecular weight is 357 g/mol. The van der Waals surface area contributed by atoms with E-state index in [0.717, 1.165) is 17.3 Å². The maximum Gasteiger partial charge on any atom is 0.248 e. The molecule has 7 heteroatoms. The Morgan fingerprint density at radius 2 is 2.00 bits per heavy atom. The van der Waals surface area contributed by atoms with Crippen molar-refractivity contribution in [2.45, 2.75) is 52.4 Å². The van der Waals surface area contributed by atoms with E-state index in [4.69, 9.17) is 4.74 Å². The molecule has 140 valence electrons. The minimum absolute atomic E-state index is 0.0486. The van der Waals surface area contributed by atoms with Gasteiger partial charge in [-0.1, -0.05) is 17.7 Å². The molecule has 0 saturated heterocycles. The van der Waals surface area contributed by atoms with Crippen molar-refractivity contribution in [3.8, 4) is 0 Å². The molecule has 3 rings (SSSR count). The van der Waals surface area contributed by atoms with E-state index in [1.165, 1.54) is 5.56 Å². The molecule has 0 radical (unpaired) electrons. The molecule has 1 aliphatic rings. The van der Waals surface area contributed by atoms with Gasteiger partial charge in [0.25, 0.3) is 0 Å². The molecule has 1 aromatic heterocycles. The summed E-state index contributed by atoms with van der Waals surface area (Å²) >= 11 is 0. The number of amides is 1. The lowest BCUT2D eigenvalue weighted by molar-refractivity contribution is -0.137. The molecule has 0 spiro atoms. The summed E-state index contributed by atoms with van der Waals surface area (Å²) in [6.07, 6.45) is 0. The maximum absolute atomic E-state index is 13.2. The number of benzene rings is 1. The third-order valence-corrected chi connectivity index (χ3v) is 4.70. The van der Waals surface area contributed by atoms with Crippen LogP contribution < -0.4 is 5.32 Å². The number of ether oxygens (including phenoxy) is 1. The van der Waals surface area contributed by atoms with E-state index in [2.05, 4.69) is 27.0 Å². The van der Waals surface area contributed by atoms with Crippen LogP contribution in [0.15, 0.2) is 24.3 Å². The fourth-order valence-electron chi connectivity index (χ4n) is 3.44. The third kappa shape index (κ3) is 3.58. The van der Waals surface area contributed by atoms with Gasteiger partial charge in [-0.15, -0.1) is 10.2 Å².